The topological polar surface area (TPSA) is 101 Å². The van der Waals surface area contributed by atoms with E-state index in [2.05, 4.69) is 15.3 Å². The number of nitrogens with zero attached hydrogens (tertiary/aromatic N) is 3. The monoisotopic (exact) mass is 226 g/mol. The third-order valence-electron chi connectivity index (χ3n) is 2.39. The molecule has 0 bridgehead atoms. The number of aromatic nitrogens is 2. The van der Waals surface area contributed by atoms with Gasteiger partial charge in [0, 0.05) is 0 Å². The summed E-state index contributed by atoms with van der Waals surface area (Å²) < 4.78 is 0. The predicted molar refractivity (Wildman–Crippen MR) is 58.1 cm³/mol. The quantitative estimate of drug-likeness (QED) is 0.572. The Kier molecular flexibility index (Phi) is 3.73. The van der Waals surface area contributed by atoms with Crippen molar-refractivity contribution < 1.29 is 10.0 Å². The Bertz CT molecular complexity index is 362. The Morgan fingerprint density at radius 1 is 1.56 bits per heavy atom. The van der Waals surface area contributed by atoms with Crippen LogP contribution in [0.15, 0.2) is 12.4 Å². The molecule has 0 radical (unpaired) electrons. The van der Waals surface area contributed by atoms with Crippen molar-refractivity contribution in [3.63, 3.8) is 0 Å². The molecular weight excluding hydrogens is 212 g/mol. The molecule has 7 heteroatoms. The van der Waals surface area contributed by atoms with E-state index < -0.39 is 10.5 Å². The third-order valence-corrected chi connectivity index (χ3v) is 2.39. The molecule has 1 aromatic rings. The van der Waals surface area contributed by atoms with E-state index in [0.717, 1.165) is 12.4 Å². The fourth-order valence-electron chi connectivity index (χ4n) is 0.990. The van der Waals surface area contributed by atoms with Crippen LogP contribution in [0.5, 0.6) is 0 Å². The van der Waals surface area contributed by atoms with Gasteiger partial charge in [-0.2, -0.15) is 0 Å². The standard InChI is InChI=1S/C9H14N4O3/c1-3-9(2,6-14)12-8-10-4-7(5-11-8)13(15)16/h4-5,14H,3,6H2,1-2H3,(H,10,11,12). The molecule has 0 aliphatic rings. The SMILES string of the molecule is CCC(C)(CO)Nc1ncc([N+](=O)[O-])cn1. The summed E-state index contributed by atoms with van der Waals surface area (Å²) in [5, 5.41) is 22.5. The van der Waals surface area contributed by atoms with Gasteiger partial charge in [0.15, 0.2) is 0 Å². The van der Waals surface area contributed by atoms with Gasteiger partial charge in [0.25, 0.3) is 0 Å². The van der Waals surface area contributed by atoms with Crippen molar-refractivity contribution in [2.75, 3.05) is 11.9 Å². The minimum absolute atomic E-state index is 0.0656. The van der Waals surface area contributed by atoms with Gasteiger partial charge < -0.3 is 10.4 Å². The van der Waals surface area contributed by atoms with Crippen LogP contribution in [0.1, 0.15) is 20.3 Å². The maximum atomic E-state index is 10.4. The molecule has 0 saturated carbocycles. The Balaban J connectivity index is 2.79. The summed E-state index contributed by atoms with van der Waals surface area (Å²) in [5.74, 6) is 0.268. The van der Waals surface area contributed by atoms with Gasteiger partial charge in [-0.1, -0.05) is 6.92 Å². The zero-order valence-electron chi connectivity index (χ0n) is 9.17. The number of rotatable bonds is 5. The van der Waals surface area contributed by atoms with E-state index in [1.54, 1.807) is 0 Å². The zero-order valence-corrected chi connectivity index (χ0v) is 9.17. The average Bonchev–Trinajstić information content (AvgIpc) is 2.29. The van der Waals surface area contributed by atoms with E-state index >= 15 is 0 Å². The van der Waals surface area contributed by atoms with Crippen LogP contribution >= 0.6 is 0 Å². The molecule has 0 amide bonds. The van der Waals surface area contributed by atoms with Crippen LogP contribution in [0.3, 0.4) is 0 Å². The van der Waals surface area contributed by atoms with E-state index in [1.165, 1.54) is 0 Å². The lowest BCUT2D eigenvalue weighted by atomic mass is 10.0. The molecule has 88 valence electrons. The zero-order chi connectivity index (χ0) is 12.2. The van der Waals surface area contributed by atoms with Crippen LogP contribution in [0.4, 0.5) is 11.6 Å². The van der Waals surface area contributed by atoms with Crippen molar-refractivity contribution in [3.05, 3.63) is 22.5 Å². The molecule has 1 rings (SSSR count). The summed E-state index contributed by atoms with van der Waals surface area (Å²) in [6.45, 7) is 3.66. The van der Waals surface area contributed by atoms with Gasteiger partial charge in [-0.05, 0) is 13.3 Å². The largest absolute Gasteiger partial charge is 0.394 e. The van der Waals surface area contributed by atoms with E-state index in [9.17, 15) is 10.1 Å². The highest BCUT2D eigenvalue weighted by Gasteiger charge is 2.21. The van der Waals surface area contributed by atoms with E-state index in [1.807, 2.05) is 13.8 Å². The lowest BCUT2D eigenvalue weighted by Crippen LogP contribution is -2.38. The molecule has 1 unspecified atom stereocenters. The second-order valence-electron chi connectivity index (χ2n) is 3.72. The predicted octanol–water partition coefficient (Wildman–Crippen LogP) is 0.958. The second kappa shape index (κ2) is 4.84. The molecule has 7 nitrogen and oxygen atoms in total. The molecule has 0 spiro atoms. The Labute approximate surface area is 92.7 Å². The lowest BCUT2D eigenvalue weighted by molar-refractivity contribution is -0.385. The Morgan fingerprint density at radius 2 is 2.12 bits per heavy atom. The first kappa shape index (κ1) is 12.3. The van der Waals surface area contributed by atoms with Crippen molar-refractivity contribution in [3.8, 4) is 0 Å². The van der Waals surface area contributed by atoms with Gasteiger partial charge in [-0.25, -0.2) is 9.97 Å². The van der Waals surface area contributed by atoms with Gasteiger partial charge in [0.2, 0.25) is 5.95 Å². The van der Waals surface area contributed by atoms with E-state index in [0.29, 0.717) is 6.42 Å². The lowest BCUT2D eigenvalue weighted by Gasteiger charge is -2.26. The van der Waals surface area contributed by atoms with Crippen LogP contribution in [0, 0.1) is 10.1 Å². The smallest absolute Gasteiger partial charge is 0.305 e. The number of hydrogen-bond donors (Lipinski definition) is 2. The van der Waals surface area contributed by atoms with Gasteiger partial charge in [0.1, 0.15) is 12.4 Å². The summed E-state index contributed by atoms with van der Waals surface area (Å²) in [4.78, 5) is 17.4. The number of anilines is 1. The molecule has 0 saturated heterocycles. The molecule has 0 aliphatic carbocycles. The average molecular weight is 226 g/mol. The van der Waals surface area contributed by atoms with Crippen LogP contribution in [0.25, 0.3) is 0 Å². The molecule has 0 fully saturated rings. The normalized spacial score (nSPS) is 14.2. The van der Waals surface area contributed by atoms with E-state index in [-0.39, 0.29) is 18.2 Å². The molecule has 1 atom stereocenters. The molecule has 1 heterocycles. The number of aliphatic hydroxyl groups is 1. The molecule has 1 aromatic heterocycles. The van der Waals surface area contributed by atoms with Crippen molar-refractivity contribution in [1.82, 2.24) is 9.97 Å². The second-order valence-corrected chi connectivity index (χ2v) is 3.72. The summed E-state index contributed by atoms with van der Waals surface area (Å²) in [6.07, 6.45) is 2.94. The summed E-state index contributed by atoms with van der Waals surface area (Å²) >= 11 is 0. The van der Waals surface area contributed by atoms with Crippen molar-refractivity contribution in [1.29, 1.82) is 0 Å². The Hall–Kier alpha value is -1.76. The van der Waals surface area contributed by atoms with Crippen molar-refractivity contribution in [2.45, 2.75) is 25.8 Å². The molecule has 16 heavy (non-hydrogen) atoms. The first-order chi connectivity index (χ1) is 7.50. The number of nitrogens with one attached hydrogen (secondary N) is 1. The fraction of sp³-hybridized carbons (Fsp3) is 0.556. The third kappa shape index (κ3) is 2.86. The van der Waals surface area contributed by atoms with Crippen LogP contribution < -0.4 is 5.32 Å². The van der Waals surface area contributed by atoms with Crippen LogP contribution in [-0.4, -0.2) is 32.1 Å². The highest BCUT2D eigenvalue weighted by Crippen LogP contribution is 2.15. The van der Waals surface area contributed by atoms with Crippen molar-refractivity contribution >= 4 is 11.6 Å². The molecule has 0 aliphatic heterocycles. The maximum Gasteiger partial charge on any atom is 0.305 e. The summed E-state index contributed by atoms with van der Waals surface area (Å²) in [5.41, 5.74) is -0.677. The maximum absolute atomic E-state index is 10.4. The first-order valence-corrected chi connectivity index (χ1v) is 4.86. The number of nitro groups is 1. The minimum atomic E-state index is -0.561. The molecule has 2 N–H and O–H groups in total. The van der Waals surface area contributed by atoms with E-state index in [4.69, 9.17) is 5.11 Å². The van der Waals surface area contributed by atoms with Crippen molar-refractivity contribution in [2.24, 2.45) is 0 Å². The van der Waals surface area contributed by atoms with Gasteiger partial charge in [0.05, 0.1) is 17.1 Å². The molecular formula is C9H14N4O3. The summed E-state index contributed by atoms with van der Waals surface area (Å²) in [6, 6.07) is 0. The first-order valence-electron chi connectivity index (χ1n) is 4.86. The van der Waals surface area contributed by atoms with Crippen LogP contribution in [0.2, 0.25) is 0 Å². The highest BCUT2D eigenvalue weighted by atomic mass is 16.6. The van der Waals surface area contributed by atoms with Gasteiger partial charge in [-0.3, -0.25) is 10.1 Å². The van der Waals surface area contributed by atoms with Crippen LogP contribution in [-0.2, 0) is 0 Å². The fourth-order valence-corrected chi connectivity index (χ4v) is 0.990. The minimum Gasteiger partial charge on any atom is -0.394 e. The Morgan fingerprint density at radius 3 is 2.50 bits per heavy atom. The molecule has 0 aromatic carbocycles. The highest BCUT2D eigenvalue weighted by molar-refractivity contribution is 5.33. The van der Waals surface area contributed by atoms with Gasteiger partial charge in [-0.15, -0.1) is 0 Å². The number of aliphatic hydroxyl groups excluding tert-OH is 1. The van der Waals surface area contributed by atoms with Gasteiger partial charge >= 0.3 is 5.69 Å². The summed E-state index contributed by atoms with van der Waals surface area (Å²) in [7, 11) is 0. The number of hydrogen-bond acceptors (Lipinski definition) is 6.